The Labute approximate surface area is 144 Å². The number of fused-ring (bicyclic) bond motifs is 1. The quantitative estimate of drug-likeness (QED) is 0.790. The van der Waals surface area contributed by atoms with Crippen LogP contribution in [0.2, 0.25) is 0 Å². The van der Waals surface area contributed by atoms with Gasteiger partial charge < -0.3 is 9.88 Å². The van der Waals surface area contributed by atoms with Crippen molar-refractivity contribution in [1.82, 2.24) is 9.88 Å². The molecule has 0 aliphatic rings. The van der Waals surface area contributed by atoms with Gasteiger partial charge in [-0.25, -0.2) is 4.39 Å². The van der Waals surface area contributed by atoms with Crippen molar-refractivity contribution in [2.75, 3.05) is 6.54 Å². The number of aryl methyl sites for hydroxylation is 1. The van der Waals surface area contributed by atoms with Gasteiger partial charge in [0.2, 0.25) is 0 Å². The molecule has 1 aromatic heterocycles. The van der Waals surface area contributed by atoms with Crippen molar-refractivity contribution in [3.63, 3.8) is 0 Å². The molecule has 4 nitrogen and oxygen atoms in total. The number of pyridine rings is 1. The monoisotopic (exact) mass is 338 g/mol. The number of benzene rings is 2. The van der Waals surface area contributed by atoms with Crippen molar-refractivity contribution in [2.24, 2.45) is 0 Å². The summed E-state index contributed by atoms with van der Waals surface area (Å²) in [6.07, 6.45) is 0. The van der Waals surface area contributed by atoms with E-state index in [9.17, 15) is 14.0 Å². The van der Waals surface area contributed by atoms with Gasteiger partial charge in [0.05, 0.1) is 6.54 Å². The molecule has 1 heterocycles. The molecule has 1 amide bonds. The highest BCUT2D eigenvalue weighted by molar-refractivity contribution is 5.94. The second-order valence-corrected chi connectivity index (χ2v) is 6.04. The molecule has 2 aromatic carbocycles. The van der Waals surface area contributed by atoms with Gasteiger partial charge >= 0.3 is 0 Å². The first-order chi connectivity index (χ1) is 12.0. The van der Waals surface area contributed by atoms with Gasteiger partial charge in [-0.2, -0.15) is 0 Å². The van der Waals surface area contributed by atoms with Crippen molar-refractivity contribution in [2.45, 2.75) is 20.4 Å². The van der Waals surface area contributed by atoms with Crippen LogP contribution >= 0.6 is 0 Å². The van der Waals surface area contributed by atoms with Crippen LogP contribution in [0.1, 0.15) is 28.4 Å². The van der Waals surface area contributed by atoms with Crippen LogP contribution in [-0.4, -0.2) is 22.3 Å². The van der Waals surface area contributed by atoms with Crippen LogP contribution in [0.25, 0.3) is 10.9 Å². The Morgan fingerprint density at radius 2 is 1.84 bits per heavy atom. The van der Waals surface area contributed by atoms with Crippen LogP contribution in [0.3, 0.4) is 0 Å². The molecule has 0 aliphatic carbocycles. The summed E-state index contributed by atoms with van der Waals surface area (Å²) in [6, 6.07) is 13.0. The molecule has 3 aromatic rings. The second kappa shape index (κ2) is 6.89. The molecule has 0 aliphatic heterocycles. The van der Waals surface area contributed by atoms with Crippen molar-refractivity contribution < 1.29 is 9.18 Å². The maximum atomic E-state index is 13.0. The summed E-state index contributed by atoms with van der Waals surface area (Å²) in [6.45, 7) is 4.48. The van der Waals surface area contributed by atoms with Crippen LogP contribution < -0.4 is 5.56 Å². The molecule has 3 rings (SSSR count). The van der Waals surface area contributed by atoms with E-state index in [4.69, 9.17) is 0 Å². The van der Waals surface area contributed by atoms with E-state index in [0.717, 1.165) is 16.5 Å². The minimum Gasteiger partial charge on any atom is -0.334 e. The van der Waals surface area contributed by atoms with Crippen LogP contribution in [0, 0.1) is 12.7 Å². The summed E-state index contributed by atoms with van der Waals surface area (Å²) in [4.78, 5) is 29.4. The predicted molar refractivity (Wildman–Crippen MR) is 96.1 cm³/mol. The van der Waals surface area contributed by atoms with E-state index < -0.39 is 0 Å². The van der Waals surface area contributed by atoms with Crippen LogP contribution in [0.4, 0.5) is 4.39 Å². The molecule has 1 N–H and O–H groups in total. The van der Waals surface area contributed by atoms with E-state index in [-0.39, 0.29) is 23.8 Å². The Hall–Kier alpha value is -2.95. The minimum absolute atomic E-state index is 0.200. The van der Waals surface area contributed by atoms with E-state index in [0.29, 0.717) is 17.7 Å². The molecule has 128 valence electrons. The van der Waals surface area contributed by atoms with Crippen LogP contribution in [-0.2, 0) is 6.54 Å². The molecule has 0 radical (unpaired) electrons. The predicted octanol–water partition coefficient (Wildman–Crippen LogP) is 3.64. The number of nitrogens with zero attached hydrogens (tertiary/aromatic N) is 1. The van der Waals surface area contributed by atoms with Crippen molar-refractivity contribution in [1.29, 1.82) is 0 Å². The molecule has 0 unspecified atom stereocenters. The van der Waals surface area contributed by atoms with Gasteiger partial charge in [0.1, 0.15) is 5.82 Å². The van der Waals surface area contributed by atoms with Gasteiger partial charge in [-0.15, -0.1) is 0 Å². The smallest absolute Gasteiger partial charge is 0.254 e. The first-order valence-electron chi connectivity index (χ1n) is 8.15. The first-order valence-corrected chi connectivity index (χ1v) is 8.15. The molecule has 0 atom stereocenters. The fourth-order valence-electron chi connectivity index (χ4n) is 2.80. The standard InChI is InChI=1S/C20H19FN2O2/c1-3-23(20(25)14-5-7-17(21)8-6-14)12-16-11-15-10-13(2)4-9-18(15)22-19(16)24/h4-11H,3,12H2,1-2H3,(H,22,24). The number of nitrogens with one attached hydrogen (secondary N) is 1. The van der Waals surface area contributed by atoms with Gasteiger partial charge in [-0.3, -0.25) is 9.59 Å². The highest BCUT2D eigenvalue weighted by atomic mass is 19.1. The SMILES string of the molecule is CCN(Cc1cc2cc(C)ccc2[nH]c1=O)C(=O)c1ccc(F)cc1. The summed E-state index contributed by atoms with van der Waals surface area (Å²) in [7, 11) is 0. The fraction of sp³-hybridized carbons (Fsp3) is 0.200. The number of H-pyrrole nitrogens is 1. The Morgan fingerprint density at radius 1 is 1.12 bits per heavy atom. The number of carbonyl (C=O) groups excluding carboxylic acids is 1. The van der Waals surface area contributed by atoms with E-state index in [1.807, 2.05) is 38.1 Å². The molecule has 5 heteroatoms. The van der Waals surface area contributed by atoms with Gasteiger partial charge in [-0.1, -0.05) is 11.6 Å². The maximum absolute atomic E-state index is 13.0. The molecule has 0 saturated carbocycles. The average molecular weight is 338 g/mol. The van der Waals surface area contributed by atoms with E-state index in [2.05, 4.69) is 4.98 Å². The minimum atomic E-state index is -0.388. The van der Waals surface area contributed by atoms with Crippen molar-refractivity contribution >= 4 is 16.8 Å². The molecule has 25 heavy (non-hydrogen) atoms. The third kappa shape index (κ3) is 3.60. The lowest BCUT2D eigenvalue weighted by molar-refractivity contribution is 0.0752. The lowest BCUT2D eigenvalue weighted by Gasteiger charge is -2.21. The number of carbonyl (C=O) groups is 1. The summed E-state index contributed by atoms with van der Waals surface area (Å²) < 4.78 is 13.0. The summed E-state index contributed by atoms with van der Waals surface area (Å²) in [5.41, 5.74) is 2.58. The molecule has 0 saturated heterocycles. The number of halogens is 1. The topological polar surface area (TPSA) is 53.2 Å². The third-order valence-corrected chi connectivity index (χ3v) is 4.20. The zero-order valence-electron chi connectivity index (χ0n) is 14.2. The third-order valence-electron chi connectivity index (χ3n) is 4.20. The normalized spacial score (nSPS) is 10.8. The number of hydrogen-bond acceptors (Lipinski definition) is 2. The fourth-order valence-corrected chi connectivity index (χ4v) is 2.80. The highest BCUT2D eigenvalue weighted by Crippen LogP contribution is 2.15. The number of hydrogen-bond donors (Lipinski definition) is 1. The van der Waals surface area contributed by atoms with E-state index >= 15 is 0 Å². The van der Waals surface area contributed by atoms with Gasteiger partial charge in [0, 0.05) is 23.2 Å². The summed E-state index contributed by atoms with van der Waals surface area (Å²) in [5, 5.41) is 0.930. The summed E-state index contributed by atoms with van der Waals surface area (Å²) in [5.74, 6) is -0.618. The Kier molecular flexibility index (Phi) is 4.65. The zero-order chi connectivity index (χ0) is 18.0. The number of amides is 1. The Bertz CT molecular complexity index is 977. The highest BCUT2D eigenvalue weighted by Gasteiger charge is 2.16. The molecular formula is C20H19FN2O2. The van der Waals surface area contributed by atoms with E-state index in [1.54, 1.807) is 4.90 Å². The number of rotatable bonds is 4. The Balaban J connectivity index is 1.92. The van der Waals surface area contributed by atoms with Crippen LogP contribution in [0.15, 0.2) is 53.3 Å². The lowest BCUT2D eigenvalue weighted by atomic mass is 10.1. The van der Waals surface area contributed by atoms with Crippen LogP contribution in [0.5, 0.6) is 0 Å². The van der Waals surface area contributed by atoms with E-state index in [1.165, 1.54) is 24.3 Å². The van der Waals surface area contributed by atoms with Crippen molar-refractivity contribution in [3.05, 3.63) is 81.4 Å². The number of aromatic amines is 1. The molecule has 0 spiro atoms. The summed E-state index contributed by atoms with van der Waals surface area (Å²) >= 11 is 0. The number of aromatic nitrogens is 1. The Morgan fingerprint density at radius 3 is 2.52 bits per heavy atom. The average Bonchev–Trinajstić information content (AvgIpc) is 2.60. The van der Waals surface area contributed by atoms with Gasteiger partial charge in [0.15, 0.2) is 0 Å². The lowest BCUT2D eigenvalue weighted by Crippen LogP contribution is -2.32. The second-order valence-electron chi connectivity index (χ2n) is 6.04. The molecule has 0 fully saturated rings. The largest absolute Gasteiger partial charge is 0.334 e. The molecule has 0 bridgehead atoms. The molecular weight excluding hydrogens is 319 g/mol. The zero-order valence-corrected chi connectivity index (χ0v) is 14.2. The maximum Gasteiger partial charge on any atom is 0.254 e. The van der Waals surface area contributed by atoms with Gasteiger partial charge in [0.25, 0.3) is 11.5 Å². The van der Waals surface area contributed by atoms with Gasteiger partial charge in [-0.05, 0) is 61.7 Å². The van der Waals surface area contributed by atoms with Crippen molar-refractivity contribution in [3.8, 4) is 0 Å². The first kappa shape index (κ1) is 16.9.